The fraction of sp³-hybridized carbons (Fsp3) is 0.0833. The molecule has 1 aromatic carbocycles. The van der Waals surface area contributed by atoms with Gasteiger partial charge in [0.25, 0.3) is 0 Å². The standard InChI is InChI=1S/C12H13NO3S/c1-13-9-5-8-12(10-14)17(15,16)11-6-3-2-4-7-11/h2-10,13H,1H3/b9-5+,12-8-. The van der Waals surface area contributed by atoms with Gasteiger partial charge in [0.05, 0.1) is 4.90 Å². The van der Waals surface area contributed by atoms with Gasteiger partial charge >= 0.3 is 0 Å². The molecule has 0 heterocycles. The highest BCUT2D eigenvalue weighted by molar-refractivity contribution is 7.96. The van der Waals surface area contributed by atoms with E-state index in [0.717, 1.165) is 0 Å². The lowest BCUT2D eigenvalue weighted by Crippen LogP contribution is -2.05. The van der Waals surface area contributed by atoms with E-state index >= 15 is 0 Å². The Morgan fingerprint density at radius 3 is 2.41 bits per heavy atom. The molecule has 0 radical (unpaired) electrons. The Balaban J connectivity index is 3.17. The Bertz CT molecular complexity index is 530. The van der Waals surface area contributed by atoms with Gasteiger partial charge in [0.1, 0.15) is 4.91 Å². The second kappa shape index (κ2) is 6.00. The second-order valence-corrected chi connectivity index (χ2v) is 5.10. The molecule has 0 aliphatic heterocycles. The average Bonchev–Trinajstić information content (AvgIpc) is 2.35. The highest BCUT2D eigenvalue weighted by Gasteiger charge is 2.18. The van der Waals surface area contributed by atoms with Crippen molar-refractivity contribution in [2.45, 2.75) is 4.90 Å². The molecule has 0 aliphatic carbocycles. The van der Waals surface area contributed by atoms with Crippen LogP contribution in [0.5, 0.6) is 0 Å². The summed E-state index contributed by atoms with van der Waals surface area (Å²) >= 11 is 0. The first-order valence-electron chi connectivity index (χ1n) is 4.92. The number of rotatable bonds is 5. The zero-order valence-electron chi connectivity index (χ0n) is 9.33. The minimum atomic E-state index is -3.72. The molecule has 0 aliphatic rings. The van der Waals surface area contributed by atoms with Gasteiger partial charge in [0.15, 0.2) is 6.29 Å². The maximum Gasteiger partial charge on any atom is 0.209 e. The van der Waals surface area contributed by atoms with E-state index in [1.54, 1.807) is 25.2 Å². The third kappa shape index (κ3) is 3.29. The molecular weight excluding hydrogens is 238 g/mol. The van der Waals surface area contributed by atoms with Crippen LogP contribution < -0.4 is 5.32 Å². The van der Waals surface area contributed by atoms with Crippen molar-refractivity contribution in [1.29, 1.82) is 0 Å². The lowest BCUT2D eigenvalue weighted by Gasteiger charge is -2.02. The Hall–Kier alpha value is -1.88. The molecule has 1 rings (SSSR count). The first-order valence-corrected chi connectivity index (χ1v) is 6.40. The third-order valence-corrected chi connectivity index (χ3v) is 3.75. The van der Waals surface area contributed by atoms with Crippen LogP contribution in [0.15, 0.2) is 58.5 Å². The molecule has 17 heavy (non-hydrogen) atoms. The molecule has 0 atom stereocenters. The van der Waals surface area contributed by atoms with Crippen LogP contribution in [0.25, 0.3) is 0 Å². The van der Waals surface area contributed by atoms with E-state index in [1.807, 2.05) is 0 Å². The number of hydrogen-bond acceptors (Lipinski definition) is 4. The molecule has 0 aromatic heterocycles. The van der Waals surface area contributed by atoms with Crippen molar-refractivity contribution in [2.24, 2.45) is 0 Å². The van der Waals surface area contributed by atoms with Crippen molar-refractivity contribution in [3.8, 4) is 0 Å². The van der Waals surface area contributed by atoms with Gasteiger partial charge in [0.2, 0.25) is 9.84 Å². The van der Waals surface area contributed by atoms with Crippen LogP contribution in [-0.2, 0) is 14.6 Å². The van der Waals surface area contributed by atoms with E-state index in [9.17, 15) is 13.2 Å². The molecule has 0 saturated heterocycles. The molecule has 1 N–H and O–H groups in total. The zero-order valence-corrected chi connectivity index (χ0v) is 10.1. The Morgan fingerprint density at radius 1 is 1.24 bits per heavy atom. The molecule has 0 saturated carbocycles. The van der Waals surface area contributed by atoms with Gasteiger partial charge in [-0.05, 0) is 30.5 Å². The molecule has 0 spiro atoms. The van der Waals surface area contributed by atoms with Gasteiger partial charge in [-0.1, -0.05) is 18.2 Å². The summed E-state index contributed by atoms with van der Waals surface area (Å²) in [5.74, 6) is 0. The van der Waals surface area contributed by atoms with Gasteiger partial charge in [-0.3, -0.25) is 4.79 Å². The molecular formula is C12H13NO3S. The zero-order chi connectivity index (χ0) is 12.7. The van der Waals surface area contributed by atoms with E-state index in [-0.39, 0.29) is 9.80 Å². The normalized spacial score (nSPS) is 12.6. The number of carbonyl (C=O) groups excluding carboxylic acids is 1. The van der Waals surface area contributed by atoms with Crippen molar-refractivity contribution >= 4 is 16.1 Å². The molecule has 0 bridgehead atoms. The summed E-state index contributed by atoms with van der Waals surface area (Å²) in [5, 5.41) is 2.70. The Labute approximate surface area is 101 Å². The number of carbonyl (C=O) groups is 1. The molecule has 90 valence electrons. The van der Waals surface area contributed by atoms with Gasteiger partial charge in [-0.15, -0.1) is 0 Å². The average molecular weight is 251 g/mol. The summed E-state index contributed by atoms with van der Waals surface area (Å²) in [6, 6.07) is 7.84. The van der Waals surface area contributed by atoms with Crippen molar-refractivity contribution in [3.63, 3.8) is 0 Å². The summed E-state index contributed by atoms with van der Waals surface area (Å²) in [5.41, 5.74) is 0. The molecule has 1 aromatic rings. The van der Waals surface area contributed by atoms with Crippen molar-refractivity contribution in [1.82, 2.24) is 5.32 Å². The van der Waals surface area contributed by atoms with Crippen LogP contribution in [-0.4, -0.2) is 21.8 Å². The minimum Gasteiger partial charge on any atom is -0.394 e. The number of aldehydes is 1. The van der Waals surface area contributed by atoms with Crippen molar-refractivity contribution in [3.05, 3.63) is 53.6 Å². The monoisotopic (exact) mass is 251 g/mol. The van der Waals surface area contributed by atoms with Crippen LogP contribution in [0.3, 0.4) is 0 Å². The molecule has 4 nitrogen and oxygen atoms in total. The van der Waals surface area contributed by atoms with Gasteiger partial charge in [-0.25, -0.2) is 8.42 Å². The maximum absolute atomic E-state index is 12.0. The molecule has 5 heteroatoms. The van der Waals surface area contributed by atoms with Crippen LogP contribution >= 0.6 is 0 Å². The highest BCUT2D eigenvalue weighted by atomic mass is 32.2. The van der Waals surface area contributed by atoms with Crippen molar-refractivity contribution < 1.29 is 13.2 Å². The Morgan fingerprint density at radius 2 is 1.88 bits per heavy atom. The molecule has 0 fully saturated rings. The number of benzene rings is 1. The predicted octanol–water partition coefficient (Wildman–Crippen LogP) is 1.28. The molecule has 0 unspecified atom stereocenters. The highest BCUT2D eigenvalue weighted by Crippen LogP contribution is 2.17. The fourth-order valence-corrected chi connectivity index (χ4v) is 2.34. The van der Waals surface area contributed by atoms with Crippen molar-refractivity contribution in [2.75, 3.05) is 7.05 Å². The summed E-state index contributed by atoms with van der Waals surface area (Å²) < 4.78 is 24.0. The SMILES string of the molecule is CN/C=C/C=C(/C=O)S(=O)(=O)c1ccccc1. The number of nitrogens with one attached hydrogen (secondary N) is 1. The predicted molar refractivity (Wildman–Crippen MR) is 66.0 cm³/mol. The van der Waals surface area contributed by atoms with Crippen LogP contribution in [0.4, 0.5) is 0 Å². The number of sulfone groups is 1. The summed E-state index contributed by atoms with van der Waals surface area (Å²) in [7, 11) is -2.04. The summed E-state index contributed by atoms with van der Waals surface area (Å²) in [4.78, 5) is 10.7. The Kier molecular flexibility index (Phi) is 4.66. The van der Waals surface area contributed by atoms with Crippen LogP contribution in [0, 0.1) is 0 Å². The number of hydrogen-bond donors (Lipinski definition) is 1. The third-order valence-electron chi connectivity index (χ3n) is 2.00. The lowest BCUT2D eigenvalue weighted by atomic mass is 10.4. The summed E-state index contributed by atoms with van der Waals surface area (Å²) in [6.45, 7) is 0. The second-order valence-electron chi connectivity index (χ2n) is 3.15. The lowest BCUT2D eigenvalue weighted by molar-refractivity contribution is -0.104. The van der Waals surface area contributed by atoms with Crippen LogP contribution in [0.2, 0.25) is 0 Å². The topological polar surface area (TPSA) is 63.2 Å². The van der Waals surface area contributed by atoms with Gasteiger partial charge < -0.3 is 5.32 Å². The van der Waals surface area contributed by atoms with Crippen LogP contribution in [0.1, 0.15) is 0 Å². The van der Waals surface area contributed by atoms with E-state index in [0.29, 0.717) is 6.29 Å². The van der Waals surface area contributed by atoms with E-state index in [1.165, 1.54) is 30.5 Å². The van der Waals surface area contributed by atoms with E-state index in [2.05, 4.69) is 5.32 Å². The smallest absolute Gasteiger partial charge is 0.209 e. The maximum atomic E-state index is 12.0. The minimum absolute atomic E-state index is 0.108. The van der Waals surface area contributed by atoms with E-state index < -0.39 is 9.84 Å². The molecule has 0 amide bonds. The van der Waals surface area contributed by atoms with E-state index in [4.69, 9.17) is 0 Å². The number of allylic oxidation sites excluding steroid dienone is 3. The largest absolute Gasteiger partial charge is 0.394 e. The quantitative estimate of drug-likeness (QED) is 0.486. The summed E-state index contributed by atoms with van der Waals surface area (Å²) in [6.07, 6.45) is 4.59. The van der Waals surface area contributed by atoms with Gasteiger partial charge in [-0.2, -0.15) is 0 Å². The first kappa shape index (κ1) is 13.2. The van der Waals surface area contributed by atoms with Gasteiger partial charge in [0, 0.05) is 7.05 Å². The fourth-order valence-electron chi connectivity index (χ4n) is 1.17. The first-order chi connectivity index (χ1) is 8.12.